The summed E-state index contributed by atoms with van der Waals surface area (Å²) in [6, 6.07) is 16.8. The van der Waals surface area contributed by atoms with Gasteiger partial charge in [0, 0.05) is 30.1 Å². The lowest BCUT2D eigenvalue weighted by Crippen LogP contribution is -2.46. The third-order valence-corrected chi connectivity index (χ3v) is 7.36. The number of carbonyl (C=O) groups is 2. The van der Waals surface area contributed by atoms with Crippen LogP contribution in [0.1, 0.15) is 91.5 Å². The lowest BCUT2D eigenvalue weighted by Gasteiger charge is -2.38. The zero-order valence-corrected chi connectivity index (χ0v) is 23.8. The molecule has 2 aliphatic rings. The van der Waals surface area contributed by atoms with E-state index in [1.165, 1.54) is 5.56 Å². The van der Waals surface area contributed by atoms with Crippen molar-refractivity contribution in [2.24, 2.45) is 5.92 Å². The van der Waals surface area contributed by atoms with E-state index in [1.807, 2.05) is 64.6 Å². The van der Waals surface area contributed by atoms with Crippen LogP contribution in [0.4, 0.5) is 10.5 Å². The largest absolute Gasteiger partial charge is 0.460 e. The van der Waals surface area contributed by atoms with Gasteiger partial charge < -0.3 is 20.1 Å². The van der Waals surface area contributed by atoms with Gasteiger partial charge in [-0.1, -0.05) is 36.4 Å². The van der Waals surface area contributed by atoms with Gasteiger partial charge in [-0.25, -0.2) is 4.79 Å². The molecule has 6 nitrogen and oxygen atoms in total. The maximum atomic E-state index is 13.4. The minimum atomic E-state index is -0.549. The highest BCUT2D eigenvalue weighted by atomic mass is 16.6. The number of benzene rings is 2. The van der Waals surface area contributed by atoms with Crippen molar-refractivity contribution < 1.29 is 19.1 Å². The molecule has 1 amide bonds. The maximum Gasteiger partial charge on any atom is 0.410 e. The van der Waals surface area contributed by atoms with Crippen molar-refractivity contribution in [1.82, 2.24) is 4.90 Å². The molecular weight excluding hydrogens is 476 g/mol. The second-order valence-electron chi connectivity index (χ2n) is 13.0. The van der Waals surface area contributed by atoms with Crippen molar-refractivity contribution >= 4 is 17.7 Å². The molecule has 0 saturated heterocycles. The number of hydrogen-bond acceptors (Lipinski definition) is 5. The van der Waals surface area contributed by atoms with Crippen molar-refractivity contribution in [3.8, 4) is 11.1 Å². The minimum Gasteiger partial charge on any atom is -0.460 e. The molecule has 38 heavy (non-hydrogen) atoms. The molecule has 0 heterocycles. The summed E-state index contributed by atoms with van der Waals surface area (Å²) in [6.07, 6.45) is 4.74. The highest BCUT2D eigenvalue weighted by Crippen LogP contribution is 2.48. The van der Waals surface area contributed by atoms with E-state index in [0.29, 0.717) is 18.3 Å². The van der Waals surface area contributed by atoms with Crippen molar-refractivity contribution in [2.45, 2.75) is 109 Å². The summed E-state index contributed by atoms with van der Waals surface area (Å²) in [5.74, 6) is 0.474. The van der Waals surface area contributed by atoms with Crippen LogP contribution in [0.5, 0.6) is 0 Å². The van der Waals surface area contributed by atoms with Crippen molar-refractivity contribution in [2.75, 3.05) is 5.73 Å². The zero-order chi connectivity index (χ0) is 27.7. The highest BCUT2D eigenvalue weighted by molar-refractivity contribution is 5.71. The lowest BCUT2D eigenvalue weighted by atomic mass is 9.83. The fraction of sp³-hybridized carbons (Fsp3) is 0.562. The van der Waals surface area contributed by atoms with Gasteiger partial charge in [-0.3, -0.25) is 4.79 Å². The Morgan fingerprint density at radius 2 is 1.50 bits per heavy atom. The molecule has 0 spiro atoms. The zero-order valence-electron chi connectivity index (χ0n) is 23.8. The number of rotatable bonds is 6. The normalized spacial score (nSPS) is 23.4. The van der Waals surface area contributed by atoms with Gasteiger partial charge in [-0.15, -0.1) is 0 Å². The Balaban J connectivity index is 1.42. The van der Waals surface area contributed by atoms with Crippen molar-refractivity contribution in [1.29, 1.82) is 0 Å². The van der Waals surface area contributed by atoms with Crippen LogP contribution in [0.3, 0.4) is 0 Å². The molecule has 0 radical (unpaired) electrons. The first-order chi connectivity index (χ1) is 17.8. The molecule has 2 saturated carbocycles. The van der Waals surface area contributed by atoms with Gasteiger partial charge in [-0.05, 0) is 108 Å². The predicted octanol–water partition coefficient (Wildman–Crippen LogP) is 7.32. The van der Waals surface area contributed by atoms with E-state index in [9.17, 15) is 9.59 Å². The van der Waals surface area contributed by atoms with Gasteiger partial charge in [0.15, 0.2) is 0 Å². The van der Waals surface area contributed by atoms with Crippen LogP contribution in [0.25, 0.3) is 11.1 Å². The molecule has 2 fully saturated rings. The van der Waals surface area contributed by atoms with Crippen LogP contribution < -0.4 is 5.73 Å². The molecule has 2 atom stereocenters. The molecule has 0 aromatic heterocycles. The fourth-order valence-electron chi connectivity index (χ4n) is 5.60. The lowest BCUT2D eigenvalue weighted by molar-refractivity contribution is -0.156. The molecule has 4 rings (SSSR count). The van der Waals surface area contributed by atoms with Gasteiger partial charge in [0.25, 0.3) is 0 Å². The van der Waals surface area contributed by atoms with Gasteiger partial charge in [0.2, 0.25) is 0 Å². The third kappa shape index (κ3) is 7.52. The quantitative estimate of drug-likeness (QED) is 0.319. The standard InChI is InChI=1S/C32H44N2O4/c1-31(2,3)37-29(35)18-21-10-16-26(17-11-21)34(30(36)38-32(4,5)6)28-20-27(28)23-14-12-22(13-15-23)24-8-7-9-25(33)19-24/h7-9,12-15,19,21,26-28H,10-11,16-18,20,33H2,1-6H3/t21?,26?,27-,28+/m1/s1. The number of hydrogen-bond donors (Lipinski definition) is 1. The van der Waals surface area contributed by atoms with Crippen molar-refractivity contribution in [3.05, 3.63) is 54.1 Å². The maximum absolute atomic E-state index is 13.4. The molecular formula is C32H44N2O4. The molecule has 0 unspecified atom stereocenters. The van der Waals surface area contributed by atoms with Crippen LogP contribution in [0, 0.1) is 5.92 Å². The first-order valence-corrected chi connectivity index (χ1v) is 14.0. The highest BCUT2D eigenvalue weighted by Gasteiger charge is 2.49. The summed E-state index contributed by atoms with van der Waals surface area (Å²) in [5.41, 5.74) is 9.18. The molecule has 2 aromatic rings. The number of ether oxygens (including phenoxy) is 2. The van der Waals surface area contributed by atoms with E-state index in [0.717, 1.165) is 48.9 Å². The molecule has 2 N–H and O–H groups in total. The Labute approximate surface area is 227 Å². The Morgan fingerprint density at radius 1 is 0.868 bits per heavy atom. The van der Waals surface area contributed by atoms with Crippen LogP contribution in [0.15, 0.2) is 48.5 Å². The SMILES string of the molecule is CC(C)(C)OC(=O)CC1CCC(N(C(=O)OC(C)(C)C)[C@H]2C[C@@H]2c2ccc(-c3cccc(N)c3)cc2)CC1. The van der Waals surface area contributed by atoms with E-state index >= 15 is 0 Å². The number of nitrogens with zero attached hydrogens (tertiary/aromatic N) is 1. The smallest absolute Gasteiger partial charge is 0.410 e. The third-order valence-electron chi connectivity index (χ3n) is 7.36. The van der Waals surface area contributed by atoms with Gasteiger partial charge in [-0.2, -0.15) is 0 Å². The number of amides is 1. The average molecular weight is 521 g/mol. The summed E-state index contributed by atoms with van der Waals surface area (Å²) in [5, 5.41) is 0. The van der Waals surface area contributed by atoms with Crippen LogP contribution in [-0.4, -0.2) is 40.2 Å². The van der Waals surface area contributed by atoms with Gasteiger partial charge >= 0.3 is 12.1 Å². The Bertz CT molecular complexity index is 1120. The predicted molar refractivity (Wildman–Crippen MR) is 152 cm³/mol. The monoisotopic (exact) mass is 520 g/mol. The molecule has 206 valence electrons. The molecule has 0 bridgehead atoms. The molecule has 2 aliphatic carbocycles. The summed E-state index contributed by atoms with van der Waals surface area (Å²) in [7, 11) is 0. The second-order valence-corrected chi connectivity index (χ2v) is 13.0. The number of nitrogens with two attached hydrogens (primary N) is 1. The van der Waals surface area contributed by atoms with E-state index in [2.05, 4.69) is 30.3 Å². The van der Waals surface area contributed by atoms with E-state index in [-0.39, 0.29) is 24.1 Å². The Kier molecular flexibility index (Phi) is 8.10. The molecule has 2 aromatic carbocycles. The number of esters is 1. The van der Waals surface area contributed by atoms with Crippen LogP contribution in [0.2, 0.25) is 0 Å². The van der Waals surface area contributed by atoms with Gasteiger partial charge in [0.05, 0.1) is 0 Å². The topological polar surface area (TPSA) is 81.9 Å². The minimum absolute atomic E-state index is 0.126. The number of nitrogen functional groups attached to an aromatic ring is 1. The average Bonchev–Trinajstić information content (AvgIpc) is 3.58. The first-order valence-electron chi connectivity index (χ1n) is 14.0. The van der Waals surface area contributed by atoms with Crippen LogP contribution in [-0.2, 0) is 14.3 Å². The Hall–Kier alpha value is -3.02. The number of anilines is 1. The summed E-state index contributed by atoms with van der Waals surface area (Å²) in [6.45, 7) is 11.5. The van der Waals surface area contributed by atoms with Crippen molar-refractivity contribution in [3.63, 3.8) is 0 Å². The molecule has 0 aliphatic heterocycles. The van der Waals surface area contributed by atoms with Crippen LogP contribution >= 0.6 is 0 Å². The number of carbonyl (C=O) groups excluding carboxylic acids is 2. The van der Waals surface area contributed by atoms with E-state index < -0.39 is 11.2 Å². The van der Waals surface area contributed by atoms with Gasteiger partial charge in [0.1, 0.15) is 11.2 Å². The second kappa shape index (κ2) is 11.0. The fourth-order valence-corrected chi connectivity index (χ4v) is 5.60. The Morgan fingerprint density at radius 3 is 2.08 bits per heavy atom. The summed E-state index contributed by atoms with van der Waals surface area (Å²) in [4.78, 5) is 27.8. The summed E-state index contributed by atoms with van der Waals surface area (Å²) >= 11 is 0. The van der Waals surface area contributed by atoms with E-state index in [1.54, 1.807) is 0 Å². The first kappa shape index (κ1) is 28.0. The summed E-state index contributed by atoms with van der Waals surface area (Å²) < 4.78 is 11.4. The van der Waals surface area contributed by atoms with E-state index in [4.69, 9.17) is 15.2 Å². The molecule has 6 heteroatoms.